The molecule has 1 saturated heterocycles. The molecule has 3 aliphatic heterocycles. The van der Waals surface area contributed by atoms with Crippen molar-refractivity contribution in [1.82, 2.24) is 9.21 Å². The Morgan fingerprint density at radius 3 is 2.46 bits per heavy atom. The number of hydrogen-bond acceptors (Lipinski definition) is 4. The second-order valence-electron chi connectivity index (χ2n) is 7.25. The van der Waals surface area contributed by atoms with Gasteiger partial charge in [0, 0.05) is 39.6 Å². The van der Waals surface area contributed by atoms with E-state index in [2.05, 4.69) is 0 Å². The monoisotopic (exact) mass is 377 g/mol. The summed E-state index contributed by atoms with van der Waals surface area (Å²) < 4.78 is 27.7. The first-order valence-electron chi connectivity index (χ1n) is 9.04. The minimum atomic E-state index is -3.63. The van der Waals surface area contributed by atoms with Crippen molar-refractivity contribution < 1.29 is 18.0 Å². The van der Waals surface area contributed by atoms with Crippen LogP contribution in [0.15, 0.2) is 17.0 Å². The van der Waals surface area contributed by atoms with Crippen molar-refractivity contribution in [2.24, 2.45) is 0 Å². The molecule has 1 fully saturated rings. The smallest absolute Gasteiger partial charge is 0.243 e. The van der Waals surface area contributed by atoms with Crippen molar-refractivity contribution in [3.8, 4) is 0 Å². The summed E-state index contributed by atoms with van der Waals surface area (Å²) in [7, 11) is -3.63. The molecule has 2 amide bonds. The SMILES string of the molecule is CC(=O)N1CCN(S(=O)(=O)c2cc3c4c(c2)[C@@H](C)C(=O)N4CCC3)CC1. The standard InChI is InChI=1S/C18H23N3O4S/c1-12-16-11-15(10-14-4-3-5-21(17(14)16)18(12)23)26(24,25)20-8-6-19(7-9-20)13(2)22/h10-12H,3-9H2,1-2H3/t12-/m1/s1. The molecule has 0 radical (unpaired) electrons. The first-order valence-corrected chi connectivity index (χ1v) is 10.5. The molecular formula is C18H23N3O4S. The molecule has 0 unspecified atom stereocenters. The van der Waals surface area contributed by atoms with E-state index in [1.165, 1.54) is 11.2 Å². The second-order valence-corrected chi connectivity index (χ2v) is 9.18. The van der Waals surface area contributed by atoms with Crippen LogP contribution >= 0.6 is 0 Å². The van der Waals surface area contributed by atoms with E-state index < -0.39 is 10.0 Å². The third kappa shape index (κ3) is 2.54. The Morgan fingerprint density at radius 1 is 1.12 bits per heavy atom. The Balaban J connectivity index is 1.69. The van der Waals surface area contributed by atoms with Crippen molar-refractivity contribution in [3.63, 3.8) is 0 Å². The fourth-order valence-corrected chi connectivity index (χ4v) is 5.72. The molecule has 1 atom stereocenters. The van der Waals surface area contributed by atoms with Crippen LogP contribution in [0.3, 0.4) is 0 Å². The average Bonchev–Trinajstić information content (AvgIpc) is 2.88. The Morgan fingerprint density at radius 2 is 1.81 bits per heavy atom. The summed E-state index contributed by atoms with van der Waals surface area (Å²) in [6.45, 7) is 5.48. The second kappa shape index (κ2) is 6.06. The van der Waals surface area contributed by atoms with Crippen molar-refractivity contribution >= 4 is 27.5 Å². The van der Waals surface area contributed by atoms with E-state index >= 15 is 0 Å². The number of carbonyl (C=O) groups excluding carboxylic acids is 2. The molecule has 0 spiro atoms. The molecule has 0 N–H and O–H groups in total. The van der Waals surface area contributed by atoms with Crippen molar-refractivity contribution in [1.29, 1.82) is 0 Å². The molecule has 140 valence electrons. The Kier molecular flexibility index (Phi) is 4.07. The quantitative estimate of drug-likeness (QED) is 0.768. The fraction of sp³-hybridized carbons (Fsp3) is 0.556. The number of rotatable bonds is 2. The van der Waals surface area contributed by atoms with E-state index in [0.29, 0.717) is 32.7 Å². The molecular weight excluding hydrogens is 354 g/mol. The van der Waals surface area contributed by atoms with Crippen molar-refractivity contribution in [3.05, 3.63) is 23.3 Å². The van der Waals surface area contributed by atoms with Gasteiger partial charge in [-0.1, -0.05) is 0 Å². The molecule has 1 aromatic rings. The molecule has 0 aromatic heterocycles. The van der Waals surface area contributed by atoms with Crippen LogP contribution < -0.4 is 4.90 Å². The third-order valence-corrected chi connectivity index (χ3v) is 7.59. The predicted octanol–water partition coefficient (Wildman–Crippen LogP) is 0.936. The largest absolute Gasteiger partial charge is 0.340 e. The van der Waals surface area contributed by atoms with E-state index in [1.807, 2.05) is 6.92 Å². The highest BCUT2D eigenvalue weighted by Crippen LogP contribution is 2.44. The van der Waals surface area contributed by atoms with Gasteiger partial charge in [0.15, 0.2) is 0 Å². The molecule has 0 bridgehead atoms. The molecule has 26 heavy (non-hydrogen) atoms. The number of piperazine rings is 1. The van der Waals surface area contributed by atoms with Gasteiger partial charge in [-0.3, -0.25) is 9.59 Å². The van der Waals surface area contributed by atoms with E-state index in [9.17, 15) is 18.0 Å². The lowest BCUT2D eigenvalue weighted by Crippen LogP contribution is -2.49. The summed E-state index contributed by atoms with van der Waals surface area (Å²) in [5.74, 6) is -0.270. The van der Waals surface area contributed by atoms with Gasteiger partial charge >= 0.3 is 0 Å². The first kappa shape index (κ1) is 17.5. The van der Waals surface area contributed by atoms with Crippen LogP contribution in [0, 0.1) is 0 Å². The zero-order valence-electron chi connectivity index (χ0n) is 15.1. The molecule has 3 heterocycles. The average molecular weight is 377 g/mol. The summed E-state index contributed by atoms with van der Waals surface area (Å²) >= 11 is 0. The highest BCUT2D eigenvalue weighted by atomic mass is 32.2. The maximum atomic E-state index is 13.1. The zero-order valence-corrected chi connectivity index (χ0v) is 15.9. The zero-order chi connectivity index (χ0) is 18.6. The summed E-state index contributed by atoms with van der Waals surface area (Å²) in [6, 6.07) is 3.42. The van der Waals surface area contributed by atoms with Crippen molar-refractivity contribution in [2.75, 3.05) is 37.6 Å². The van der Waals surface area contributed by atoms with Gasteiger partial charge < -0.3 is 9.80 Å². The van der Waals surface area contributed by atoms with Gasteiger partial charge in [-0.15, -0.1) is 0 Å². The lowest BCUT2D eigenvalue weighted by molar-refractivity contribution is -0.130. The van der Waals surface area contributed by atoms with E-state index in [4.69, 9.17) is 0 Å². The highest BCUT2D eigenvalue weighted by molar-refractivity contribution is 7.89. The van der Waals surface area contributed by atoms with Gasteiger partial charge in [-0.2, -0.15) is 4.31 Å². The van der Waals surface area contributed by atoms with E-state index in [0.717, 1.165) is 29.7 Å². The van der Waals surface area contributed by atoms with Gasteiger partial charge in [-0.25, -0.2) is 8.42 Å². The van der Waals surface area contributed by atoms with Crippen molar-refractivity contribution in [2.45, 2.75) is 37.5 Å². The Bertz CT molecular complexity index is 888. The Labute approximate surface area is 153 Å². The summed E-state index contributed by atoms with van der Waals surface area (Å²) in [5.41, 5.74) is 2.70. The van der Waals surface area contributed by atoms with Gasteiger partial charge in [0.1, 0.15) is 0 Å². The fourth-order valence-electron chi connectivity index (χ4n) is 4.21. The predicted molar refractivity (Wildman–Crippen MR) is 96.5 cm³/mol. The molecule has 8 heteroatoms. The van der Waals surface area contributed by atoms with Crippen LogP contribution in [-0.4, -0.2) is 62.2 Å². The van der Waals surface area contributed by atoms with Crippen LogP contribution in [-0.2, 0) is 26.0 Å². The topological polar surface area (TPSA) is 78.0 Å². The highest BCUT2D eigenvalue weighted by Gasteiger charge is 2.39. The molecule has 0 saturated carbocycles. The van der Waals surface area contributed by atoms with E-state index in [-0.39, 0.29) is 22.6 Å². The summed E-state index contributed by atoms with van der Waals surface area (Å²) in [6.07, 6.45) is 1.64. The number of hydrogen-bond donors (Lipinski definition) is 0. The number of sulfonamides is 1. The molecule has 1 aromatic carbocycles. The Hall–Kier alpha value is -1.93. The normalized spacial score (nSPS) is 23.3. The lowest BCUT2D eigenvalue weighted by Gasteiger charge is -2.33. The first-order chi connectivity index (χ1) is 12.3. The molecule has 7 nitrogen and oxygen atoms in total. The van der Waals surface area contributed by atoms with E-state index in [1.54, 1.807) is 21.9 Å². The van der Waals surface area contributed by atoms with Crippen LogP contribution in [0.25, 0.3) is 0 Å². The summed E-state index contributed by atoms with van der Waals surface area (Å²) in [4.78, 5) is 27.7. The third-order valence-electron chi connectivity index (χ3n) is 5.71. The number of nitrogens with zero attached hydrogens (tertiary/aromatic N) is 3. The minimum Gasteiger partial charge on any atom is -0.340 e. The van der Waals surface area contributed by atoms with Crippen LogP contribution in [0.5, 0.6) is 0 Å². The maximum Gasteiger partial charge on any atom is 0.243 e. The number of carbonyl (C=O) groups is 2. The number of aryl methyl sites for hydroxylation is 1. The van der Waals surface area contributed by atoms with Crippen LogP contribution in [0.1, 0.15) is 37.3 Å². The van der Waals surface area contributed by atoms with Gasteiger partial charge in [0.05, 0.1) is 16.5 Å². The number of amides is 2. The number of anilines is 1. The minimum absolute atomic E-state index is 0.0311. The van der Waals surface area contributed by atoms with Gasteiger partial charge in [-0.05, 0) is 43.0 Å². The van der Waals surface area contributed by atoms with Gasteiger partial charge in [0.25, 0.3) is 0 Å². The maximum absolute atomic E-state index is 13.1. The lowest BCUT2D eigenvalue weighted by atomic mass is 9.97. The molecule has 0 aliphatic carbocycles. The van der Waals surface area contributed by atoms with Crippen LogP contribution in [0.4, 0.5) is 5.69 Å². The van der Waals surface area contributed by atoms with Crippen LogP contribution in [0.2, 0.25) is 0 Å². The number of benzene rings is 1. The molecule has 4 rings (SSSR count). The summed E-state index contributed by atoms with van der Waals surface area (Å²) in [5, 5.41) is 0. The molecule has 3 aliphatic rings. The van der Waals surface area contributed by atoms with Gasteiger partial charge in [0.2, 0.25) is 21.8 Å².